The molecule has 30 heavy (non-hydrogen) atoms. The maximum Gasteiger partial charge on any atom is 0.407 e. The molecule has 5 rings (SSSR count). The number of amides is 1. The molecule has 152 valence electrons. The number of fused-ring (bicyclic) bond motifs is 1. The van der Waals surface area contributed by atoms with Gasteiger partial charge in [0.25, 0.3) is 11.4 Å². The molecule has 2 N–H and O–H groups in total. The van der Waals surface area contributed by atoms with Gasteiger partial charge in [0.05, 0.1) is 11.9 Å². The van der Waals surface area contributed by atoms with E-state index in [9.17, 15) is 9.59 Å². The quantitative estimate of drug-likeness (QED) is 0.535. The van der Waals surface area contributed by atoms with Gasteiger partial charge in [0.1, 0.15) is 11.2 Å². The standard InChI is InChI=1S/C20H18N6O4/c27-16-10-15(12-6-8-25(9-7-12)20(28)29)26-18(22-16)14(11-21-26)19-23-17(24-30-19)13-4-2-1-3-5-13/h1-5,10-12H,6-9H2,(H,22,27)(H,28,29). The van der Waals surface area contributed by atoms with Crippen molar-refractivity contribution in [2.45, 2.75) is 18.8 Å². The number of H-pyrrole nitrogens is 1. The van der Waals surface area contributed by atoms with Gasteiger partial charge in [-0.3, -0.25) is 4.79 Å². The average Bonchev–Trinajstić information content (AvgIpc) is 3.41. The van der Waals surface area contributed by atoms with Crippen molar-refractivity contribution in [3.63, 3.8) is 0 Å². The highest BCUT2D eigenvalue weighted by molar-refractivity contribution is 5.72. The summed E-state index contributed by atoms with van der Waals surface area (Å²) in [5.74, 6) is 0.738. The van der Waals surface area contributed by atoms with Crippen molar-refractivity contribution >= 4 is 11.7 Å². The van der Waals surface area contributed by atoms with Gasteiger partial charge >= 0.3 is 6.09 Å². The predicted octanol–water partition coefficient (Wildman–Crippen LogP) is 2.60. The molecule has 0 bridgehead atoms. The van der Waals surface area contributed by atoms with Crippen LogP contribution in [0.2, 0.25) is 0 Å². The SMILES string of the molecule is O=C(O)N1CCC(c2cc(=O)[nH]c3c(-c4nc(-c5ccccc5)no4)cnn23)CC1. The summed E-state index contributed by atoms with van der Waals surface area (Å²) in [5.41, 5.74) is 2.31. The summed E-state index contributed by atoms with van der Waals surface area (Å²) in [6, 6.07) is 11.0. The monoisotopic (exact) mass is 406 g/mol. The normalized spacial score (nSPS) is 15.0. The summed E-state index contributed by atoms with van der Waals surface area (Å²) in [5, 5.41) is 17.6. The maximum atomic E-state index is 12.4. The molecule has 1 fully saturated rings. The van der Waals surface area contributed by atoms with Crippen LogP contribution >= 0.6 is 0 Å². The van der Waals surface area contributed by atoms with Crippen LogP contribution in [0.25, 0.3) is 28.5 Å². The van der Waals surface area contributed by atoms with E-state index >= 15 is 0 Å². The van der Waals surface area contributed by atoms with Crippen LogP contribution < -0.4 is 5.56 Å². The number of aromatic amines is 1. The summed E-state index contributed by atoms with van der Waals surface area (Å²) in [6.07, 6.45) is 1.91. The van der Waals surface area contributed by atoms with Crippen molar-refractivity contribution < 1.29 is 14.4 Å². The number of piperidine rings is 1. The van der Waals surface area contributed by atoms with Crippen LogP contribution in [0.15, 0.2) is 51.9 Å². The number of aromatic nitrogens is 5. The fraction of sp³-hybridized carbons (Fsp3) is 0.250. The Labute approximate surface area is 169 Å². The van der Waals surface area contributed by atoms with Gasteiger partial charge in [-0.2, -0.15) is 10.1 Å². The number of hydrogen-bond acceptors (Lipinski definition) is 6. The van der Waals surface area contributed by atoms with Crippen molar-refractivity contribution in [2.75, 3.05) is 13.1 Å². The van der Waals surface area contributed by atoms with Crippen LogP contribution in [0.1, 0.15) is 24.5 Å². The minimum Gasteiger partial charge on any atom is -0.465 e. The van der Waals surface area contributed by atoms with Gasteiger partial charge in [-0.05, 0) is 12.8 Å². The second kappa shape index (κ2) is 7.14. The van der Waals surface area contributed by atoms with E-state index in [1.165, 1.54) is 11.0 Å². The highest BCUT2D eigenvalue weighted by atomic mass is 16.5. The highest BCUT2D eigenvalue weighted by Gasteiger charge is 2.27. The topological polar surface area (TPSA) is 130 Å². The molecular weight excluding hydrogens is 388 g/mol. The van der Waals surface area contributed by atoms with E-state index in [0.717, 1.165) is 11.3 Å². The van der Waals surface area contributed by atoms with Crippen molar-refractivity contribution in [2.24, 2.45) is 0 Å². The molecule has 0 aliphatic carbocycles. The van der Waals surface area contributed by atoms with Crippen LogP contribution in [-0.2, 0) is 0 Å². The van der Waals surface area contributed by atoms with Crippen molar-refractivity contribution in [1.29, 1.82) is 0 Å². The first kappa shape index (κ1) is 18.1. The van der Waals surface area contributed by atoms with E-state index in [0.29, 0.717) is 43.0 Å². The smallest absolute Gasteiger partial charge is 0.407 e. The van der Waals surface area contributed by atoms with Gasteiger partial charge in [0, 0.05) is 30.6 Å². The number of rotatable bonds is 3. The van der Waals surface area contributed by atoms with Gasteiger partial charge in [-0.15, -0.1) is 0 Å². The van der Waals surface area contributed by atoms with Gasteiger partial charge in [0.15, 0.2) is 0 Å². The van der Waals surface area contributed by atoms with Gasteiger partial charge in [-0.1, -0.05) is 35.5 Å². The van der Waals surface area contributed by atoms with E-state index in [-0.39, 0.29) is 17.4 Å². The lowest BCUT2D eigenvalue weighted by atomic mass is 9.93. The molecule has 1 saturated heterocycles. The minimum atomic E-state index is -0.920. The molecule has 1 aromatic carbocycles. The molecule has 10 nitrogen and oxygen atoms in total. The average molecular weight is 406 g/mol. The minimum absolute atomic E-state index is 0.0284. The number of benzene rings is 1. The second-order valence-electron chi connectivity index (χ2n) is 7.21. The van der Waals surface area contributed by atoms with Crippen LogP contribution in [0.4, 0.5) is 4.79 Å². The molecule has 0 atom stereocenters. The molecule has 0 spiro atoms. The molecule has 4 heterocycles. The maximum absolute atomic E-state index is 12.4. The zero-order valence-corrected chi connectivity index (χ0v) is 15.9. The molecule has 0 saturated carbocycles. The Morgan fingerprint density at radius 1 is 1.20 bits per heavy atom. The first-order valence-corrected chi connectivity index (χ1v) is 9.58. The summed E-state index contributed by atoms with van der Waals surface area (Å²) in [7, 11) is 0. The fourth-order valence-corrected chi connectivity index (χ4v) is 3.86. The number of nitrogens with zero attached hydrogens (tertiary/aromatic N) is 5. The van der Waals surface area contributed by atoms with Crippen LogP contribution in [0, 0.1) is 0 Å². The first-order chi connectivity index (χ1) is 14.6. The van der Waals surface area contributed by atoms with E-state index in [4.69, 9.17) is 9.63 Å². The van der Waals surface area contributed by atoms with Crippen molar-refractivity contribution in [1.82, 2.24) is 29.6 Å². The molecule has 3 aromatic heterocycles. The van der Waals surface area contributed by atoms with Crippen LogP contribution in [-0.4, -0.2) is 53.9 Å². The van der Waals surface area contributed by atoms with E-state index in [1.807, 2.05) is 30.3 Å². The lowest BCUT2D eigenvalue weighted by molar-refractivity contribution is 0.131. The lowest BCUT2D eigenvalue weighted by Gasteiger charge is -2.30. The summed E-state index contributed by atoms with van der Waals surface area (Å²) in [6.45, 7) is 0.846. The molecular formula is C20H18N6O4. The zero-order chi connectivity index (χ0) is 20.7. The molecule has 0 unspecified atom stereocenters. The van der Waals surface area contributed by atoms with Crippen LogP contribution in [0.5, 0.6) is 0 Å². The summed E-state index contributed by atoms with van der Waals surface area (Å²) < 4.78 is 7.10. The third-order valence-corrected chi connectivity index (χ3v) is 5.41. The summed E-state index contributed by atoms with van der Waals surface area (Å²) in [4.78, 5) is 32.2. The number of carboxylic acid groups (broad SMARTS) is 1. The molecule has 10 heteroatoms. The fourth-order valence-electron chi connectivity index (χ4n) is 3.86. The molecule has 1 amide bonds. The van der Waals surface area contributed by atoms with Crippen molar-refractivity contribution in [3.05, 3.63) is 58.6 Å². The highest BCUT2D eigenvalue weighted by Crippen LogP contribution is 2.30. The van der Waals surface area contributed by atoms with E-state index in [1.54, 1.807) is 10.7 Å². The molecule has 4 aromatic rings. The van der Waals surface area contributed by atoms with Gasteiger partial charge < -0.3 is 19.5 Å². The number of carbonyl (C=O) groups is 1. The lowest BCUT2D eigenvalue weighted by Crippen LogP contribution is -2.37. The molecule has 1 aliphatic heterocycles. The molecule has 1 aliphatic rings. The third-order valence-electron chi connectivity index (χ3n) is 5.41. The number of nitrogens with one attached hydrogen (secondary N) is 1. The Morgan fingerprint density at radius 3 is 2.70 bits per heavy atom. The second-order valence-corrected chi connectivity index (χ2v) is 7.21. The Hall–Kier alpha value is -3.95. The number of hydrogen-bond donors (Lipinski definition) is 2. The van der Waals surface area contributed by atoms with Gasteiger partial charge in [0.2, 0.25) is 5.82 Å². The number of likely N-dealkylation sites (tertiary alicyclic amines) is 1. The summed E-state index contributed by atoms with van der Waals surface area (Å²) >= 11 is 0. The van der Waals surface area contributed by atoms with Crippen LogP contribution in [0.3, 0.4) is 0 Å². The third kappa shape index (κ3) is 3.11. The Morgan fingerprint density at radius 2 is 1.97 bits per heavy atom. The Balaban J connectivity index is 1.51. The Bertz CT molecular complexity index is 1270. The van der Waals surface area contributed by atoms with Gasteiger partial charge in [-0.25, -0.2) is 9.31 Å². The van der Waals surface area contributed by atoms with E-state index in [2.05, 4.69) is 20.2 Å². The van der Waals surface area contributed by atoms with Crippen molar-refractivity contribution in [3.8, 4) is 22.8 Å². The van der Waals surface area contributed by atoms with E-state index < -0.39 is 6.09 Å². The zero-order valence-electron chi connectivity index (χ0n) is 15.9. The Kier molecular flexibility index (Phi) is 4.31. The predicted molar refractivity (Wildman–Crippen MR) is 106 cm³/mol. The first-order valence-electron chi connectivity index (χ1n) is 9.58. The largest absolute Gasteiger partial charge is 0.465 e. The molecule has 0 radical (unpaired) electrons.